The summed E-state index contributed by atoms with van der Waals surface area (Å²) < 4.78 is 5.40. The maximum absolute atomic E-state index is 13.1. The number of ether oxygens (including phenoxy) is 1. The van der Waals surface area contributed by atoms with E-state index in [0.29, 0.717) is 13.1 Å². The Morgan fingerprint density at radius 2 is 2.19 bits per heavy atom. The number of benzene rings is 1. The fourth-order valence-corrected chi connectivity index (χ4v) is 3.03. The van der Waals surface area contributed by atoms with Gasteiger partial charge in [-0.2, -0.15) is 0 Å². The van der Waals surface area contributed by atoms with Crippen molar-refractivity contribution in [2.45, 2.75) is 19.0 Å². The first kappa shape index (κ1) is 22.0. The lowest BCUT2D eigenvalue weighted by atomic mass is 10.0. The van der Waals surface area contributed by atoms with Crippen LogP contribution in [0, 0.1) is 0 Å². The van der Waals surface area contributed by atoms with Gasteiger partial charge in [0, 0.05) is 37.3 Å². The Bertz CT molecular complexity index is 735. The van der Waals surface area contributed by atoms with E-state index in [0.717, 1.165) is 35.7 Å². The minimum atomic E-state index is -0.422. The van der Waals surface area contributed by atoms with Crippen molar-refractivity contribution in [3.8, 4) is 5.75 Å². The molecule has 2 aromatic rings. The molecule has 1 aliphatic heterocycles. The van der Waals surface area contributed by atoms with Gasteiger partial charge < -0.3 is 19.9 Å². The molecule has 1 unspecified atom stereocenters. The third-order valence-corrected chi connectivity index (χ3v) is 4.21. The van der Waals surface area contributed by atoms with Crippen molar-refractivity contribution in [3.05, 3.63) is 60.2 Å². The summed E-state index contributed by atoms with van der Waals surface area (Å²) in [6.07, 6.45) is 4.24. The highest BCUT2D eigenvalue weighted by molar-refractivity contribution is 5.85. The van der Waals surface area contributed by atoms with Crippen molar-refractivity contribution in [3.63, 3.8) is 0 Å². The van der Waals surface area contributed by atoms with E-state index in [1.165, 1.54) is 0 Å². The van der Waals surface area contributed by atoms with Gasteiger partial charge in [-0.15, -0.1) is 31.4 Å². The van der Waals surface area contributed by atoms with Gasteiger partial charge in [-0.05, 0) is 6.07 Å². The first-order chi connectivity index (χ1) is 11.7. The molecule has 26 heavy (non-hydrogen) atoms. The number of aromatic amines is 1. The fraction of sp³-hybridized carbons (Fsp3) is 0.333. The van der Waals surface area contributed by atoms with Crippen LogP contribution >= 0.6 is 24.8 Å². The van der Waals surface area contributed by atoms with Gasteiger partial charge >= 0.3 is 0 Å². The predicted octanol–water partition coefficient (Wildman–Crippen LogP) is 2.66. The predicted molar refractivity (Wildman–Crippen MR) is 106 cm³/mol. The second kappa shape index (κ2) is 10.2. The Morgan fingerprint density at radius 1 is 1.42 bits per heavy atom. The molecule has 1 aliphatic rings. The van der Waals surface area contributed by atoms with E-state index in [1.54, 1.807) is 24.4 Å². The van der Waals surface area contributed by atoms with Crippen LogP contribution in [0.25, 0.3) is 0 Å². The van der Waals surface area contributed by atoms with Gasteiger partial charge in [-0.1, -0.05) is 24.3 Å². The SMILES string of the molecule is C=CCN(Cc1ccccc1OC)C(=O)C1NCCc2[nH]cnc21.Cl.Cl. The van der Waals surface area contributed by atoms with Gasteiger partial charge in [0.15, 0.2) is 0 Å². The van der Waals surface area contributed by atoms with Crippen LogP contribution < -0.4 is 10.1 Å². The smallest absolute Gasteiger partial charge is 0.246 e. The number of methoxy groups -OCH3 is 1. The molecule has 1 amide bonds. The third kappa shape index (κ3) is 4.58. The normalized spacial score (nSPS) is 15.0. The molecule has 6 nitrogen and oxygen atoms in total. The minimum Gasteiger partial charge on any atom is -0.496 e. The van der Waals surface area contributed by atoms with Crippen molar-refractivity contribution < 1.29 is 9.53 Å². The number of amides is 1. The topological polar surface area (TPSA) is 70.2 Å². The number of carbonyl (C=O) groups excluding carboxylic acids is 1. The summed E-state index contributed by atoms with van der Waals surface area (Å²) in [6, 6.07) is 7.31. The Hall–Kier alpha value is -2.02. The van der Waals surface area contributed by atoms with Crippen LogP contribution in [0.1, 0.15) is 23.0 Å². The number of hydrogen-bond acceptors (Lipinski definition) is 4. The number of carbonyl (C=O) groups is 1. The summed E-state index contributed by atoms with van der Waals surface area (Å²) >= 11 is 0. The second-order valence-corrected chi connectivity index (χ2v) is 5.72. The number of nitrogens with one attached hydrogen (secondary N) is 2. The van der Waals surface area contributed by atoms with E-state index in [-0.39, 0.29) is 30.7 Å². The molecule has 8 heteroatoms. The summed E-state index contributed by atoms with van der Waals surface area (Å²) in [6.45, 7) is 5.46. The zero-order chi connectivity index (χ0) is 16.9. The third-order valence-electron chi connectivity index (χ3n) is 4.21. The molecule has 0 radical (unpaired) electrons. The standard InChI is InChI=1S/C18H22N4O2.2ClH/c1-3-10-22(11-13-6-4-5-7-15(13)24-2)18(23)17-16-14(8-9-19-17)20-12-21-16;;/h3-7,12,17,19H,1,8-11H2,2H3,(H,20,21);2*1H. The van der Waals surface area contributed by atoms with Crippen LogP contribution in [0.5, 0.6) is 5.75 Å². The minimum absolute atomic E-state index is 0. The van der Waals surface area contributed by atoms with Gasteiger partial charge in [0.05, 0.1) is 19.1 Å². The zero-order valence-electron chi connectivity index (χ0n) is 14.6. The van der Waals surface area contributed by atoms with E-state index in [4.69, 9.17) is 4.74 Å². The molecule has 1 aromatic carbocycles. The molecule has 0 aliphatic carbocycles. The van der Waals surface area contributed by atoms with Crippen LogP contribution in [-0.2, 0) is 17.8 Å². The molecule has 2 N–H and O–H groups in total. The number of fused-ring (bicyclic) bond motifs is 1. The summed E-state index contributed by atoms with van der Waals surface area (Å²) in [7, 11) is 1.64. The molecule has 1 atom stereocenters. The van der Waals surface area contributed by atoms with Gasteiger partial charge in [-0.3, -0.25) is 4.79 Å². The van der Waals surface area contributed by atoms with Crippen LogP contribution in [0.3, 0.4) is 0 Å². The number of H-pyrrole nitrogens is 1. The number of rotatable bonds is 6. The fourth-order valence-electron chi connectivity index (χ4n) is 3.03. The van der Waals surface area contributed by atoms with Crippen LogP contribution in [0.4, 0.5) is 0 Å². The molecule has 2 heterocycles. The number of halogens is 2. The molecular formula is C18H24Cl2N4O2. The quantitative estimate of drug-likeness (QED) is 0.733. The number of para-hydroxylation sites is 1. The highest BCUT2D eigenvalue weighted by Crippen LogP contribution is 2.24. The maximum atomic E-state index is 13.1. The average molecular weight is 399 g/mol. The molecule has 142 valence electrons. The highest BCUT2D eigenvalue weighted by atomic mass is 35.5. The van der Waals surface area contributed by atoms with Gasteiger partial charge in [0.1, 0.15) is 11.8 Å². The second-order valence-electron chi connectivity index (χ2n) is 5.72. The van der Waals surface area contributed by atoms with Crippen molar-refractivity contribution >= 4 is 30.7 Å². The first-order valence-electron chi connectivity index (χ1n) is 8.01. The molecule has 0 saturated carbocycles. The summed E-state index contributed by atoms with van der Waals surface area (Å²) in [5.41, 5.74) is 2.79. The van der Waals surface area contributed by atoms with E-state index in [1.807, 2.05) is 24.3 Å². The molecule has 0 saturated heterocycles. The number of imidazole rings is 1. The van der Waals surface area contributed by atoms with Crippen molar-refractivity contribution in [1.82, 2.24) is 20.2 Å². The van der Waals surface area contributed by atoms with Gasteiger partial charge in [0.25, 0.3) is 0 Å². The lowest BCUT2D eigenvalue weighted by molar-refractivity contribution is -0.134. The number of aromatic nitrogens is 2. The first-order valence-corrected chi connectivity index (χ1v) is 8.01. The Labute approximate surface area is 165 Å². The van der Waals surface area contributed by atoms with Crippen molar-refractivity contribution in [1.29, 1.82) is 0 Å². The summed E-state index contributed by atoms with van der Waals surface area (Å²) in [5.74, 6) is 0.769. The summed E-state index contributed by atoms with van der Waals surface area (Å²) in [5, 5.41) is 3.28. The van der Waals surface area contributed by atoms with E-state index >= 15 is 0 Å². The molecule has 0 spiro atoms. The maximum Gasteiger partial charge on any atom is 0.246 e. The Kier molecular flexibility index (Phi) is 8.65. The largest absolute Gasteiger partial charge is 0.496 e. The zero-order valence-corrected chi connectivity index (χ0v) is 16.2. The lowest BCUT2D eigenvalue weighted by Crippen LogP contribution is -2.43. The number of hydrogen-bond donors (Lipinski definition) is 2. The highest BCUT2D eigenvalue weighted by Gasteiger charge is 2.31. The lowest BCUT2D eigenvalue weighted by Gasteiger charge is -2.29. The number of nitrogens with zero attached hydrogens (tertiary/aromatic N) is 2. The van der Waals surface area contributed by atoms with Crippen LogP contribution in [0.2, 0.25) is 0 Å². The molecule has 0 bridgehead atoms. The van der Waals surface area contributed by atoms with E-state index < -0.39 is 6.04 Å². The van der Waals surface area contributed by atoms with Crippen molar-refractivity contribution in [2.75, 3.05) is 20.2 Å². The molecule has 0 fully saturated rings. The molecule has 3 rings (SSSR count). The van der Waals surface area contributed by atoms with Gasteiger partial charge in [-0.25, -0.2) is 4.98 Å². The van der Waals surface area contributed by atoms with E-state index in [9.17, 15) is 4.79 Å². The molecular weight excluding hydrogens is 375 g/mol. The Morgan fingerprint density at radius 3 is 2.92 bits per heavy atom. The Balaban J connectivity index is 0.00000169. The average Bonchev–Trinajstić information content (AvgIpc) is 3.10. The van der Waals surface area contributed by atoms with Crippen LogP contribution in [-0.4, -0.2) is 41.0 Å². The van der Waals surface area contributed by atoms with Gasteiger partial charge in [0.2, 0.25) is 5.91 Å². The summed E-state index contributed by atoms with van der Waals surface area (Å²) in [4.78, 5) is 22.3. The van der Waals surface area contributed by atoms with Crippen molar-refractivity contribution in [2.24, 2.45) is 0 Å². The van der Waals surface area contributed by atoms with Crippen LogP contribution in [0.15, 0.2) is 43.2 Å². The molecule has 1 aromatic heterocycles. The van der Waals surface area contributed by atoms with E-state index in [2.05, 4.69) is 21.9 Å². The monoisotopic (exact) mass is 398 g/mol.